The van der Waals surface area contributed by atoms with Crippen molar-refractivity contribution in [1.29, 1.82) is 0 Å². The third kappa shape index (κ3) is 3.62. The SMILES string of the molecule is COC(=O)c1cc(OC)c2c(c1)nc(-c1cc3cccnc3n1CC1CC1)n2CCSC. The molecule has 0 aliphatic heterocycles. The molecule has 3 aromatic heterocycles. The summed E-state index contributed by atoms with van der Waals surface area (Å²) in [5, 5.41) is 1.11. The van der Waals surface area contributed by atoms with E-state index in [1.54, 1.807) is 31.0 Å². The number of carbonyl (C=O) groups excluding carboxylic acids is 1. The minimum atomic E-state index is -0.405. The Hall–Kier alpha value is -3.00. The summed E-state index contributed by atoms with van der Waals surface area (Å²) in [6.45, 7) is 1.71. The minimum Gasteiger partial charge on any atom is -0.494 e. The lowest BCUT2D eigenvalue weighted by atomic mass is 10.2. The predicted molar refractivity (Wildman–Crippen MR) is 127 cm³/mol. The van der Waals surface area contributed by atoms with Gasteiger partial charge in [-0.15, -0.1) is 0 Å². The highest BCUT2D eigenvalue weighted by Crippen LogP contribution is 2.38. The van der Waals surface area contributed by atoms with Gasteiger partial charge in [-0.2, -0.15) is 11.8 Å². The summed E-state index contributed by atoms with van der Waals surface area (Å²) in [5.74, 6) is 2.70. The van der Waals surface area contributed by atoms with Crippen LogP contribution in [0.25, 0.3) is 33.6 Å². The molecule has 1 fully saturated rings. The van der Waals surface area contributed by atoms with E-state index >= 15 is 0 Å². The molecule has 3 heterocycles. The summed E-state index contributed by atoms with van der Waals surface area (Å²) >= 11 is 1.78. The number of imidazole rings is 1. The van der Waals surface area contributed by atoms with Crippen molar-refractivity contribution in [1.82, 2.24) is 19.1 Å². The molecule has 0 radical (unpaired) electrons. The average Bonchev–Trinajstić information content (AvgIpc) is 3.47. The lowest BCUT2D eigenvalue weighted by molar-refractivity contribution is 0.0600. The van der Waals surface area contributed by atoms with Crippen LogP contribution >= 0.6 is 11.8 Å². The molecule has 7 nitrogen and oxygen atoms in total. The smallest absolute Gasteiger partial charge is 0.338 e. The van der Waals surface area contributed by atoms with E-state index in [1.165, 1.54) is 20.0 Å². The normalized spacial score (nSPS) is 13.7. The van der Waals surface area contributed by atoms with Crippen LogP contribution in [0.5, 0.6) is 5.75 Å². The number of methoxy groups -OCH3 is 2. The van der Waals surface area contributed by atoms with Gasteiger partial charge in [0.15, 0.2) is 5.82 Å². The van der Waals surface area contributed by atoms with Crippen molar-refractivity contribution in [3.63, 3.8) is 0 Å². The second kappa shape index (κ2) is 8.50. The van der Waals surface area contributed by atoms with Crippen molar-refractivity contribution in [3.8, 4) is 17.3 Å². The van der Waals surface area contributed by atoms with E-state index in [0.29, 0.717) is 17.2 Å². The number of rotatable bonds is 8. The van der Waals surface area contributed by atoms with Crippen LogP contribution in [0.2, 0.25) is 0 Å². The molecule has 1 aliphatic rings. The van der Waals surface area contributed by atoms with Gasteiger partial charge in [0.1, 0.15) is 16.9 Å². The molecule has 1 saturated carbocycles. The van der Waals surface area contributed by atoms with Crippen molar-refractivity contribution in [2.45, 2.75) is 25.9 Å². The number of benzene rings is 1. The number of aromatic nitrogens is 4. The first-order valence-electron chi connectivity index (χ1n) is 10.7. The van der Waals surface area contributed by atoms with Gasteiger partial charge in [-0.3, -0.25) is 0 Å². The van der Waals surface area contributed by atoms with Crippen molar-refractivity contribution < 1.29 is 14.3 Å². The first-order valence-corrected chi connectivity index (χ1v) is 12.1. The van der Waals surface area contributed by atoms with Crippen LogP contribution in [0.1, 0.15) is 23.2 Å². The molecule has 0 unspecified atom stereocenters. The van der Waals surface area contributed by atoms with Gasteiger partial charge in [-0.1, -0.05) is 0 Å². The Morgan fingerprint density at radius 3 is 2.78 bits per heavy atom. The van der Waals surface area contributed by atoms with Gasteiger partial charge in [0.2, 0.25) is 0 Å². The van der Waals surface area contributed by atoms with Crippen molar-refractivity contribution in [2.24, 2.45) is 5.92 Å². The van der Waals surface area contributed by atoms with Crippen molar-refractivity contribution in [3.05, 3.63) is 42.1 Å². The second-order valence-corrected chi connectivity index (χ2v) is 9.10. The number of hydrogen-bond acceptors (Lipinski definition) is 6. The van der Waals surface area contributed by atoms with Gasteiger partial charge in [-0.25, -0.2) is 14.8 Å². The summed E-state index contributed by atoms with van der Waals surface area (Å²) < 4.78 is 15.2. The molecular weight excluding hydrogens is 424 g/mol. The van der Waals surface area contributed by atoms with Crippen LogP contribution in [0.3, 0.4) is 0 Å². The van der Waals surface area contributed by atoms with Crippen LogP contribution in [-0.4, -0.2) is 51.3 Å². The summed E-state index contributed by atoms with van der Waals surface area (Å²) in [6, 6.07) is 9.76. The highest BCUT2D eigenvalue weighted by molar-refractivity contribution is 7.98. The molecule has 8 heteroatoms. The molecule has 0 bridgehead atoms. The van der Waals surface area contributed by atoms with Crippen molar-refractivity contribution >= 4 is 39.8 Å². The number of fused-ring (bicyclic) bond motifs is 2. The van der Waals surface area contributed by atoms with Crippen LogP contribution in [0.4, 0.5) is 0 Å². The van der Waals surface area contributed by atoms with E-state index in [9.17, 15) is 4.79 Å². The lowest BCUT2D eigenvalue weighted by Crippen LogP contribution is -2.09. The molecule has 166 valence electrons. The van der Waals surface area contributed by atoms with E-state index in [2.05, 4.69) is 32.5 Å². The fourth-order valence-corrected chi connectivity index (χ4v) is 4.60. The first-order chi connectivity index (χ1) is 15.6. The monoisotopic (exact) mass is 450 g/mol. The Balaban J connectivity index is 1.77. The molecule has 1 aromatic carbocycles. The lowest BCUT2D eigenvalue weighted by Gasteiger charge is -2.13. The summed E-state index contributed by atoms with van der Waals surface area (Å²) in [7, 11) is 3.00. The van der Waals surface area contributed by atoms with Gasteiger partial charge in [0, 0.05) is 30.4 Å². The molecule has 0 N–H and O–H groups in total. The van der Waals surface area contributed by atoms with Crippen LogP contribution < -0.4 is 4.74 Å². The number of esters is 1. The molecule has 1 aliphatic carbocycles. The van der Waals surface area contributed by atoms with Gasteiger partial charge in [0.25, 0.3) is 0 Å². The van der Waals surface area contributed by atoms with Gasteiger partial charge in [-0.05, 0) is 55.3 Å². The van der Waals surface area contributed by atoms with E-state index in [-0.39, 0.29) is 0 Å². The predicted octanol–water partition coefficient (Wildman–Crippen LogP) is 4.62. The molecule has 4 aromatic rings. The number of nitrogens with zero attached hydrogens (tertiary/aromatic N) is 4. The standard InChI is InChI=1S/C24H26N4O3S/c1-30-20-13-17(24(29)31-2)11-18-21(20)27(9-10-32-3)23(26-18)19-12-16-5-4-8-25-22(16)28(19)14-15-6-7-15/h4-5,8,11-13,15H,6-7,9-10,14H2,1-3H3. The fourth-order valence-electron chi connectivity index (χ4n) is 4.23. The van der Waals surface area contributed by atoms with Crippen molar-refractivity contribution in [2.75, 3.05) is 26.2 Å². The second-order valence-electron chi connectivity index (χ2n) is 8.12. The molecule has 0 atom stereocenters. The van der Waals surface area contributed by atoms with Gasteiger partial charge < -0.3 is 18.6 Å². The van der Waals surface area contributed by atoms with Crippen LogP contribution in [-0.2, 0) is 17.8 Å². The van der Waals surface area contributed by atoms with E-state index in [1.807, 2.05) is 12.3 Å². The first kappa shape index (κ1) is 20.9. The van der Waals surface area contributed by atoms with Gasteiger partial charge >= 0.3 is 5.97 Å². The highest BCUT2D eigenvalue weighted by Gasteiger charge is 2.27. The average molecular weight is 451 g/mol. The molecular formula is C24H26N4O3S. The number of pyridine rings is 1. The molecule has 0 amide bonds. The molecule has 5 rings (SSSR count). The molecule has 0 saturated heterocycles. The third-order valence-corrected chi connectivity index (χ3v) is 6.58. The molecule has 32 heavy (non-hydrogen) atoms. The largest absolute Gasteiger partial charge is 0.494 e. The summed E-state index contributed by atoms with van der Waals surface area (Å²) in [6.07, 6.45) is 6.45. The van der Waals surface area contributed by atoms with E-state index in [4.69, 9.17) is 14.5 Å². The Bertz CT molecular complexity index is 1310. The third-order valence-electron chi connectivity index (χ3n) is 5.99. The maximum atomic E-state index is 12.2. The number of hydrogen-bond donors (Lipinski definition) is 0. The van der Waals surface area contributed by atoms with Gasteiger partial charge in [0.05, 0.1) is 31.0 Å². The zero-order chi connectivity index (χ0) is 22.2. The Morgan fingerprint density at radius 2 is 2.06 bits per heavy atom. The van der Waals surface area contributed by atoms with Crippen LogP contribution in [0, 0.1) is 5.92 Å². The Kier molecular flexibility index (Phi) is 5.55. The molecule has 0 spiro atoms. The van der Waals surface area contributed by atoms with E-state index < -0.39 is 5.97 Å². The maximum Gasteiger partial charge on any atom is 0.338 e. The summed E-state index contributed by atoms with van der Waals surface area (Å²) in [4.78, 5) is 21.9. The maximum absolute atomic E-state index is 12.2. The summed E-state index contributed by atoms with van der Waals surface area (Å²) in [5.41, 5.74) is 4.07. The Morgan fingerprint density at radius 1 is 1.22 bits per heavy atom. The quantitative estimate of drug-likeness (QED) is 0.365. The fraction of sp³-hybridized carbons (Fsp3) is 0.375. The minimum absolute atomic E-state index is 0.405. The van der Waals surface area contributed by atoms with Crippen LogP contribution in [0.15, 0.2) is 36.5 Å². The zero-order valence-corrected chi connectivity index (χ0v) is 19.3. The zero-order valence-electron chi connectivity index (χ0n) is 18.5. The topological polar surface area (TPSA) is 71.2 Å². The number of carbonyl (C=O) groups is 1. The number of ether oxygens (including phenoxy) is 2. The number of aryl methyl sites for hydroxylation is 1. The highest BCUT2D eigenvalue weighted by atomic mass is 32.2. The van der Waals surface area contributed by atoms with E-state index in [0.717, 1.165) is 52.4 Å². The Labute approximate surface area is 190 Å². The number of thioether (sulfide) groups is 1.